The van der Waals surface area contributed by atoms with E-state index in [9.17, 15) is 9.18 Å². The molecule has 0 spiro atoms. The molecule has 19 heavy (non-hydrogen) atoms. The second-order valence-electron chi connectivity index (χ2n) is 4.83. The van der Waals surface area contributed by atoms with Crippen molar-refractivity contribution in [1.82, 2.24) is 5.32 Å². The zero-order valence-electron chi connectivity index (χ0n) is 11.1. The van der Waals surface area contributed by atoms with Crippen molar-refractivity contribution in [2.24, 2.45) is 5.92 Å². The minimum atomic E-state index is -0.281. The van der Waals surface area contributed by atoms with Crippen LogP contribution in [-0.2, 0) is 4.79 Å². The number of amides is 1. The van der Waals surface area contributed by atoms with E-state index in [4.69, 9.17) is 0 Å². The molecule has 0 radical (unpaired) electrons. The minimum absolute atomic E-state index is 0. The molecular formula is C14H20ClFN2O. The highest BCUT2D eigenvalue weighted by atomic mass is 35.5. The number of nitrogens with one attached hydrogen (secondary N) is 1. The maximum absolute atomic E-state index is 12.8. The average Bonchev–Trinajstić information content (AvgIpc) is 2.89. The number of rotatable bonds is 4. The predicted molar refractivity (Wildman–Crippen MR) is 77.3 cm³/mol. The van der Waals surface area contributed by atoms with Crippen LogP contribution in [0.2, 0.25) is 0 Å². The van der Waals surface area contributed by atoms with Crippen LogP contribution in [0.4, 0.5) is 10.1 Å². The van der Waals surface area contributed by atoms with Crippen LogP contribution in [0.5, 0.6) is 0 Å². The number of halogens is 2. The predicted octanol–water partition coefficient (Wildman–Crippen LogP) is 2.60. The van der Waals surface area contributed by atoms with E-state index in [1.54, 1.807) is 24.1 Å². The highest BCUT2D eigenvalue weighted by molar-refractivity contribution is 5.92. The highest BCUT2D eigenvalue weighted by Crippen LogP contribution is 2.18. The molecule has 1 aliphatic rings. The summed E-state index contributed by atoms with van der Waals surface area (Å²) in [5.41, 5.74) is 0.742. The molecule has 2 rings (SSSR count). The lowest BCUT2D eigenvalue weighted by molar-refractivity contribution is -0.118. The van der Waals surface area contributed by atoms with Crippen molar-refractivity contribution >= 4 is 24.0 Å². The first-order chi connectivity index (χ1) is 8.66. The molecule has 1 aromatic carbocycles. The third kappa shape index (κ3) is 4.48. The summed E-state index contributed by atoms with van der Waals surface area (Å²) in [5.74, 6) is 0.431. The van der Waals surface area contributed by atoms with E-state index >= 15 is 0 Å². The lowest BCUT2D eigenvalue weighted by Crippen LogP contribution is -2.26. The minimum Gasteiger partial charge on any atom is -0.316 e. The van der Waals surface area contributed by atoms with E-state index in [2.05, 4.69) is 5.32 Å². The lowest BCUT2D eigenvalue weighted by atomic mass is 10.0. The molecule has 1 aliphatic heterocycles. The Bertz CT molecular complexity index is 404. The summed E-state index contributed by atoms with van der Waals surface area (Å²) in [6, 6.07) is 6.01. The second-order valence-corrected chi connectivity index (χ2v) is 4.83. The van der Waals surface area contributed by atoms with Crippen LogP contribution in [0.25, 0.3) is 0 Å². The van der Waals surface area contributed by atoms with Gasteiger partial charge in [-0.25, -0.2) is 4.39 Å². The molecule has 1 fully saturated rings. The van der Waals surface area contributed by atoms with Crippen LogP contribution in [0, 0.1) is 11.7 Å². The normalized spacial score (nSPS) is 17.9. The van der Waals surface area contributed by atoms with Crippen molar-refractivity contribution in [2.45, 2.75) is 19.3 Å². The van der Waals surface area contributed by atoms with Crippen molar-refractivity contribution in [3.8, 4) is 0 Å². The summed E-state index contributed by atoms with van der Waals surface area (Å²) in [4.78, 5) is 13.6. The maximum atomic E-state index is 12.8. The number of anilines is 1. The number of carbonyl (C=O) groups excluding carboxylic acids is 1. The fraction of sp³-hybridized carbons (Fsp3) is 0.500. The number of nitrogens with zero attached hydrogens (tertiary/aromatic N) is 1. The third-order valence-electron chi connectivity index (χ3n) is 3.52. The Labute approximate surface area is 119 Å². The standard InChI is InChI=1S/C14H19FN2O.ClH/c1-17(13-5-3-12(15)4-6-13)14(18)7-2-11-8-9-16-10-11;/h3-6,11,16H,2,7-10H2,1H3;1H. The highest BCUT2D eigenvalue weighted by Gasteiger charge is 2.17. The van der Waals surface area contributed by atoms with E-state index in [1.807, 2.05) is 0 Å². The number of hydrogen-bond acceptors (Lipinski definition) is 2. The fourth-order valence-corrected chi connectivity index (χ4v) is 2.26. The number of hydrogen-bond donors (Lipinski definition) is 1. The van der Waals surface area contributed by atoms with Crippen LogP contribution >= 0.6 is 12.4 Å². The molecule has 0 aromatic heterocycles. The van der Waals surface area contributed by atoms with Crippen LogP contribution in [-0.4, -0.2) is 26.0 Å². The molecule has 106 valence electrons. The first-order valence-electron chi connectivity index (χ1n) is 6.39. The van der Waals surface area contributed by atoms with Crippen LogP contribution in [0.15, 0.2) is 24.3 Å². The topological polar surface area (TPSA) is 32.3 Å². The molecule has 1 saturated heterocycles. The first kappa shape index (κ1) is 15.9. The van der Waals surface area contributed by atoms with Gasteiger partial charge in [0.05, 0.1) is 0 Å². The van der Waals surface area contributed by atoms with Gasteiger partial charge >= 0.3 is 0 Å². The number of benzene rings is 1. The van der Waals surface area contributed by atoms with E-state index < -0.39 is 0 Å². The molecule has 1 amide bonds. The number of carbonyl (C=O) groups is 1. The van der Waals surface area contributed by atoms with Crippen LogP contribution in [0.1, 0.15) is 19.3 Å². The summed E-state index contributed by atoms with van der Waals surface area (Å²) >= 11 is 0. The summed E-state index contributed by atoms with van der Waals surface area (Å²) in [5, 5.41) is 3.30. The molecule has 1 N–H and O–H groups in total. The van der Waals surface area contributed by atoms with Crippen molar-refractivity contribution in [2.75, 3.05) is 25.0 Å². The van der Waals surface area contributed by atoms with Crippen LogP contribution in [0.3, 0.4) is 0 Å². The van der Waals surface area contributed by atoms with Gasteiger partial charge in [-0.15, -0.1) is 12.4 Å². The van der Waals surface area contributed by atoms with Gasteiger partial charge in [-0.2, -0.15) is 0 Å². The Balaban J connectivity index is 0.00000180. The summed E-state index contributed by atoms with van der Waals surface area (Å²) < 4.78 is 12.8. The largest absolute Gasteiger partial charge is 0.316 e. The monoisotopic (exact) mass is 286 g/mol. The molecule has 0 bridgehead atoms. The van der Waals surface area contributed by atoms with Gasteiger partial charge in [-0.3, -0.25) is 4.79 Å². The van der Waals surface area contributed by atoms with E-state index in [0.717, 1.165) is 31.6 Å². The molecular weight excluding hydrogens is 267 g/mol. The molecule has 1 aromatic rings. The second kappa shape index (κ2) is 7.46. The van der Waals surface area contributed by atoms with Gasteiger partial charge in [0.15, 0.2) is 0 Å². The van der Waals surface area contributed by atoms with Gasteiger partial charge < -0.3 is 10.2 Å². The Kier molecular flexibility index (Phi) is 6.25. The average molecular weight is 287 g/mol. The van der Waals surface area contributed by atoms with Crippen molar-refractivity contribution in [1.29, 1.82) is 0 Å². The van der Waals surface area contributed by atoms with E-state index in [1.165, 1.54) is 12.1 Å². The first-order valence-corrected chi connectivity index (χ1v) is 6.39. The SMILES string of the molecule is CN(C(=O)CCC1CCNC1)c1ccc(F)cc1.Cl. The Morgan fingerprint density at radius 2 is 2.11 bits per heavy atom. The van der Waals surface area contributed by atoms with Gasteiger partial charge in [0.25, 0.3) is 0 Å². The lowest BCUT2D eigenvalue weighted by Gasteiger charge is -2.18. The van der Waals surface area contributed by atoms with Gasteiger partial charge in [0, 0.05) is 19.2 Å². The van der Waals surface area contributed by atoms with Gasteiger partial charge in [-0.05, 0) is 56.1 Å². The van der Waals surface area contributed by atoms with Crippen LogP contribution < -0.4 is 10.2 Å². The van der Waals surface area contributed by atoms with Gasteiger partial charge in [0.2, 0.25) is 5.91 Å². The molecule has 0 aliphatic carbocycles. The Hall–Kier alpha value is -1.13. The maximum Gasteiger partial charge on any atom is 0.226 e. The Morgan fingerprint density at radius 3 is 2.68 bits per heavy atom. The van der Waals surface area contributed by atoms with Gasteiger partial charge in [-0.1, -0.05) is 0 Å². The summed E-state index contributed by atoms with van der Waals surface area (Å²) in [7, 11) is 1.74. The zero-order valence-corrected chi connectivity index (χ0v) is 11.9. The quantitative estimate of drug-likeness (QED) is 0.923. The third-order valence-corrected chi connectivity index (χ3v) is 3.52. The van der Waals surface area contributed by atoms with Crippen molar-refractivity contribution < 1.29 is 9.18 Å². The smallest absolute Gasteiger partial charge is 0.226 e. The molecule has 0 saturated carbocycles. The van der Waals surface area contributed by atoms with E-state index in [0.29, 0.717) is 12.3 Å². The molecule has 1 unspecified atom stereocenters. The molecule has 3 nitrogen and oxygen atoms in total. The molecule has 1 atom stereocenters. The van der Waals surface area contributed by atoms with Gasteiger partial charge in [0.1, 0.15) is 5.82 Å². The Morgan fingerprint density at radius 1 is 1.42 bits per heavy atom. The molecule has 1 heterocycles. The van der Waals surface area contributed by atoms with Crippen molar-refractivity contribution in [3.05, 3.63) is 30.1 Å². The summed E-state index contributed by atoms with van der Waals surface area (Å²) in [6.45, 7) is 2.08. The zero-order chi connectivity index (χ0) is 13.0. The summed E-state index contributed by atoms with van der Waals surface area (Å²) in [6.07, 6.45) is 2.64. The fourth-order valence-electron chi connectivity index (χ4n) is 2.26. The van der Waals surface area contributed by atoms with Crippen molar-refractivity contribution in [3.63, 3.8) is 0 Å². The molecule has 5 heteroatoms. The van der Waals surface area contributed by atoms with E-state index in [-0.39, 0.29) is 24.1 Å².